The van der Waals surface area contributed by atoms with Crippen LogP contribution in [0.25, 0.3) is 10.8 Å². The molecule has 1 amide bonds. The number of esters is 1. The molecule has 0 saturated heterocycles. The van der Waals surface area contributed by atoms with Gasteiger partial charge in [0.25, 0.3) is 5.56 Å². The number of methoxy groups -OCH3 is 1. The van der Waals surface area contributed by atoms with Crippen molar-refractivity contribution in [2.45, 2.75) is 26.5 Å². The second-order valence-corrected chi connectivity index (χ2v) is 6.75. The van der Waals surface area contributed by atoms with Gasteiger partial charge >= 0.3 is 5.97 Å². The minimum atomic E-state index is -0.816. The Balaban J connectivity index is 1.78. The molecule has 1 N–H and O–H groups in total. The predicted octanol–water partition coefficient (Wildman–Crippen LogP) is 2.98. The van der Waals surface area contributed by atoms with Crippen LogP contribution in [0.3, 0.4) is 0 Å². The number of carbonyl (C=O) groups is 2. The number of amides is 1. The van der Waals surface area contributed by atoms with Crippen molar-refractivity contribution >= 4 is 28.3 Å². The highest BCUT2D eigenvalue weighted by Gasteiger charge is 2.18. The number of nitrogens with one attached hydrogen (secondary N) is 1. The molecule has 31 heavy (non-hydrogen) atoms. The van der Waals surface area contributed by atoms with Crippen molar-refractivity contribution in [1.82, 2.24) is 4.57 Å². The number of ether oxygens (including phenoxy) is 3. The maximum absolute atomic E-state index is 12.9. The third-order valence-electron chi connectivity index (χ3n) is 4.59. The first-order valence-electron chi connectivity index (χ1n) is 9.82. The maximum Gasteiger partial charge on any atom is 0.347 e. The first kappa shape index (κ1) is 21.9. The molecular formula is C23H24N2O6. The molecule has 1 aromatic heterocycles. The van der Waals surface area contributed by atoms with E-state index in [1.165, 1.54) is 10.8 Å². The summed E-state index contributed by atoms with van der Waals surface area (Å²) in [6.45, 7) is 3.41. The van der Waals surface area contributed by atoms with Crippen LogP contribution in [-0.2, 0) is 20.9 Å². The zero-order valence-corrected chi connectivity index (χ0v) is 17.6. The normalized spacial score (nSPS) is 11.6. The van der Waals surface area contributed by atoms with E-state index in [9.17, 15) is 14.4 Å². The van der Waals surface area contributed by atoms with Gasteiger partial charge in [-0.25, -0.2) is 4.79 Å². The van der Waals surface area contributed by atoms with Gasteiger partial charge in [-0.1, -0.05) is 6.07 Å². The lowest BCUT2D eigenvalue weighted by atomic mass is 10.1. The van der Waals surface area contributed by atoms with Crippen molar-refractivity contribution in [3.8, 4) is 11.5 Å². The second kappa shape index (κ2) is 9.80. The zero-order valence-electron chi connectivity index (χ0n) is 17.6. The lowest BCUT2D eigenvalue weighted by Crippen LogP contribution is -2.28. The van der Waals surface area contributed by atoms with Crippen molar-refractivity contribution in [2.24, 2.45) is 0 Å². The zero-order chi connectivity index (χ0) is 22.4. The molecule has 0 spiro atoms. The number of pyridine rings is 1. The van der Waals surface area contributed by atoms with Crippen LogP contribution in [0.1, 0.15) is 13.8 Å². The summed E-state index contributed by atoms with van der Waals surface area (Å²) in [4.78, 5) is 37.1. The Morgan fingerprint density at radius 2 is 1.81 bits per heavy atom. The van der Waals surface area contributed by atoms with Gasteiger partial charge in [-0.05, 0) is 56.3 Å². The molecule has 3 aromatic rings. The summed E-state index contributed by atoms with van der Waals surface area (Å²) < 4.78 is 17.1. The Bertz CT molecular complexity index is 1140. The molecule has 0 unspecified atom stereocenters. The minimum absolute atomic E-state index is 0.148. The van der Waals surface area contributed by atoms with E-state index in [-0.39, 0.29) is 24.6 Å². The Labute approximate surface area is 179 Å². The highest BCUT2D eigenvalue weighted by molar-refractivity contribution is 5.91. The van der Waals surface area contributed by atoms with E-state index in [2.05, 4.69) is 5.32 Å². The van der Waals surface area contributed by atoms with Crippen LogP contribution in [0.4, 0.5) is 5.69 Å². The highest BCUT2D eigenvalue weighted by atomic mass is 16.6. The van der Waals surface area contributed by atoms with Gasteiger partial charge in [-0.2, -0.15) is 0 Å². The topological polar surface area (TPSA) is 95.9 Å². The molecule has 0 saturated carbocycles. The molecule has 162 valence electrons. The fraction of sp³-hybridized carbons (Fsp3) is 0.261. The molecule has 0 aliphatic rings. The standard InChI is InChI=1S/C23H24N2O6/c1-4-30-23(28)15(2)31-20-7-5-6-19-18(20)12-13-25(22(19)27)14-21(26)24-16-8-10-17(29-3)11-9-16/h5-13,15H,4,14H2,1-3H3,(H,24,26)/t15-/m0/s1. The minimum Gasteiger partial charge on any atom is -0.497 e. The predicted molar refractivity (Wildman–Crippen MR) is 117 cm³/mol. The van der Waals surface area contributed by atoms with Gasteiger partial charge in [-0.15, -0.1) is 0 Å². The van der Waals surface area contributed by atoms with Gasteiger partial charge in [0.05, 0.1) is 19.1 Å². The number of carbonyl (C=O) groups excluding carboxylic acids is 2. The molecule has 1 atom stereocenters. The Morgan fingerprint density at radius 3 is 2.48 bits per heavy atom. The van der Waals surface area contributed by atoms with Crippen molar-refractivity contribution in [1.29, 1.82) is 0 Å². The van der Waals surface area contributed by atoms with Crippen LogP contribution < -0.4 is 20.3 Å². The van der Waals surface area contributed by atoms with Gasteiger partial charge in [0, 0.05) is 17.3 Å². The Kier molecular flexibility index (Phi) is 6.92. The van der Waals surface area contributed by atoms with Crippen molar-refractivity contribution < 1.29 is 23.8 Å². The van der Waals surface area contributed by atoms with Crippen LogP contribution in [0, 0.1) is 0 Å². The molecule has 1 heterocycles. The van der Waals surface area contributed by atoms with Crippen LogP contribution >= 0.6 is 0 Å². The number of benzene rings is 2. The molecule has 0 bridgehead atoms. The summed E-state index contributed by atoms with van der Waals surface area (Å²) in [6.07, 6.45) is 0.712. The van der Waals surface area contributed by atoms with Gasteiger partial charge in [-0.3, -0.25) is 9.59 Å². The van der Waals surface area contributed by atoms with Crippen LogP contribution in [0.2, 0.25) is 0 Å². The monoisotopic (exact) mass is 424 g/mol. The quantitative estimate of drug-likeness (QED) is 0.559. The maximum atomic E-state index is 12.9. The summed E-state index contributed by atoms with van der Waals surface area (Å²) in [5, 5.41) is 3.68. The van der Waals surface area contributed by atoms with Crippen LogP contribution in [-0.4, -0.2) is 36.3 Å². The van der Waals surface area contributed by atoms with Crippen molar-refractivity contribution in [3.05, 3.63) is 65.1 Å². The van der Waals surface area contributed by atoms with Gasteiger partial charge in [0.2, 0.25) is 5.91 Å². The average molecular weight is 424 g/mol. The lowest BCUT2D eigenvalue weighted by Gasteiger charge is -2.15. The molecule has 8 nitrogen and oxygen atoms in total. The van der Waals surface area contributed by atoms with E-state index in [0.717, 1.165) is 0 Å². The Morgan fingerprint density at radius 1 is 1.06 bits per heavy atom. The first-order valence-corrected chi connectivity index (χ1v) is 9.82. The van der Waals surface area contributed by atoms with Gasteiger partial charge < -0.3 is 24.1 Å². The molecule has 8 heteroatoms. The van der Waals surface area contributed by atoms with Crippen molar-refractivity contribution in [2.75, 3.05) is 19.0 Å². The molecular weight excluding hydrogens is 400 g/mol. The number of hydrogen-bond acceptors (Lipinski definition) is 6. The molecule has 2 aromatic carbocycles. The summed E-state index contributed by atoms with van der Waals surface area (Å²) in [7, 11) is 1.56. The fourth-order valence-electron chi connectivity index (χ4n) is 3.04. The highest BCUT2D eigenvalue weighted by Crippen LogP contribution is 2.24. The number of aromatic nitrogens is 1. The number of nitrogens with zero attached hydrogens (tertiary/aromatic N) is 1. The molecule has 0 aliphatic heterocycles. The summed E-state index contributed by atoms with van der Waals surface area (Å²) in [5.41, 5.74) is 0.264. The Hall–Kier alpha value is -3.81. The van der Waals surface area contributed by atoms with E-state index < -0.39 is 12.1 Å². The van der Waals surface area contributed by atoms with E-state index in [1.54, 1.807) is 69.5 Å². The fourth-order valence-corrected chi connectivity index (χ4v) is 3.04. The first-order chi connectivity index (χ1) is 14.9. The smallest absolute Gasteiger partial charge is 0.347 e. The van der Waals surface area contributed by atoms with E-state index >= 15 is 0 Å². The van der Waals surface area contributed by atoms with Gasteiger partial charge in [0.15, 0.2) is 6.10 Å². The van der Waals surface area contributed by atoms with E-state index in [4.69, 9.17) is 14.2 Å². The third-order valence-corrected chi connectivity index (χ3v) is 4.59. The second-order valence-electron chi connectivity index (χ2n) is 6.75. The van der Waals surface area contributed by atoms with E-state index in [0.29, 0.717) is 28.0 Å². The molecule has 0 fully saturated rings. The average Bonchev–Trinajstić information content (AvgIpc) is 2.76. The number of fused-ring (bicyclic) bond motifs is 1. The van der Waals surface area contributed by atoms with Crippen LogP contribution in [0.15, 0.2) is 59.5 Å². The van der Waals surface area contributed by atoms with Crippen molar-refractivity contribution in [3.63, 3.8) is 0 Å². The number of anilines is 1. The summed E-state index contributed by atoms with van der Waals surface area (Å²) >= 11 is 0. The van der Waals surface area contributed by atoms with E-state index in [1.807, 2.05) is 0 Å². The summed E-state index contributed by atoms with van der Waals surface area (Å²) in [6, 6.07) is 13.6. The SMILES string of the molecule is CCOC(=O)[C@H](C)Oc1cccc2c(=O)n(CC(=O)Nc3ccc(OC)cc3)ccc12. The molecule has 0 aliphatic carbocycles. The summed E-state index contributed by atoms with van der Waals surface area (Å²) in [5.74, 6) is 0.252. The van der Waals surface area contributed by atoms with Crippen LogP contribution in [0.5, 0.6) is 11.5 Å². The third kappa shape index (κ3) is 5.22. The molecule has 3 rings (SSSR count). The molecule has 0 radical (unpaired) electrons. The number of rotatable bonds is 8. The lowest BCUT2D eigenvalue weighted by molar-refractivity contribution is -0.150. The number of hydrogen-bond donors (Lipinski definition) is 1. The van der Waals surface area contributed by atoms with Gasteiger partial charge in [0.1, 0.15) is 18.0 Å². The largest absolute Gasteiger partial charge is 0.497 e.